The second-order valence-electron chi connectivity index (χ2n) is 15.6. The zero-order valence-corrected chi connectivity index (χ0v) is 31.4. The van der Waals surface area contributed by atoms with Crippen LogP contribution in [0.2, 0.25) is 0 Å². The Labute approximate surface area is 334 Å². The van der Waals surface area contributed by atoms with Gasteiger partial charge in [0.05, 0.1) is 32.9 Å². The van der Waals surface area contributed by atoms with Gasteiger partial charge in [0.15, 0.2) is 0 Å². The smallest absolute Gasteiger partial charge is 0.145 e. The van der Waals surface area contributed by atoms with Crippen molar-refractivity contribution in [3.63, 3.8) is 0 Å². The monoisotopic (exact) mass is 738 g/mol. The molecule has 0 spiro atoms. The normalized spacial score (nSPS) is 13.3. The SMILES string of the molecule is c1ccc(C2(c3ccccc3)c3cc(-n4c5ccccc5c5ccccc54)ccc3-c3ccc(-n4c5ccccc5c5c6oc7ccccc7c6ccc54)cc32)cc1. The number of aromatic nitrogens is 2. The fourth-order valence-electron chi connectivity index (χ4n) is 10.5. The second kappa shape index (κ2) is 11.7. The molecule has 0 bridgehead atoms. The summed E-state index contributed by atoms with van der Waals surface area (Å²) >= 11 is 0. The number of furan rings is 1. The summed E-state index contributed by atoms with van der Waals surface area (Å²) in [6, 6.07) is 75.7. The molecule has 1 aliphatic carbocycles. The highest BCUT2D eigenvalue weighted by atomic mass is 16.3. The number of hydrogen-bond donors (Lipinski definition) is 0. The number of rotatable bonds is 4. The molecule has 12 aromatic rings. The Kier molecular flexibility index (Phi) is 6.37. The Morgan fingerprint density at radius 2 is 0.810 bits per heavy atom. The number of hydrogen-bond acceptors (Lipinski definition) is 1. The molecular formula is C55H34N2O. The third kappa shape index (κ3) is 4.07. The predicted octanol–water partition coefficient (Wildman–Crippen LogP) is 14.1. The van der Waals surface area contributed by atoms with E-state index in [2.05, 4.69) is 209 Å². The van der Waals surface area contributed by atoms with Crippen LogP contribution in [-0.4, -0.2) is 9.13 Å². The van der Waals surface area contributed by atoms with Crippen molar-refractivity contribution in [3.8, 4) is 22.5 Å². The van der Waals surface area contributed by atoms with Crippen LogP contribution in [0.5, 0.6) is 0 Å². The van der Waals surface area contributed by atoms with Gasteiger partial charge in [0.2, 0.25) is 0 Å². The molecule has 0 amide bonds. The van der Waals surface area contributed by atoms with Gasteiger partial charge in [0.25, 0.3) is 0 Å². The molecule has 3 heterocycles. The first kappa shape index (κ1) is 31.6. The third-order valence-corrected chi connectivity index (χ3v) is 12.8. The maximum atomic E-state index is 6.67. The molecule has 0 unspecified atom stereocenters. The molecule has 0 saturated carbocycles. The lowest BCUT2D eigenvalue weighted by Gasteiger charge is -2.34. The summed E-state index contributed by atoms with van der Waals surface area (Å²) in [6.45, 7) is 0. The molecule has 0 fully saturated rings. The minimum Gasteiger partial charge on any atom is -0.455 e. The lowest BCUT2D eigenvalue weighted by molar-refractivity contribution is 0.673. The van der Waals surface area contributed by atoms with Gasteiger partial charge in [-0.2, -0.15) is 0 Å². The van der Waals surface area contributed by atoms with Gasteiger partial charge in [0.1, 0.15) is 11.2 Å². The minimum atomic E-state index is -0.595. The molecule has 3 aromatic heterocycles. The van der Waals surface area contributed by atoms with Crippen molar-refractivity contribution in [1.29, 1.82) is 0 Å². The molecule has 1 aliphatic rings. The van der Waals surface area contributed by atoms with E-state index in [1.54, 1.807) is 0 Å². The van der Waals surface area contributed by atoms with Crippen molar-refractivity contribution in [2.75, 3.05) is 0 Å². The van der Waals surface area contributed by atoms with E-state index in [-0.39, 0.29) is 0 Å². The topological polar surface area (TPSA) is 23.0 Å². The van der Waals surface area contributed by atoms with Gasteiger partial charge in [-0.3, -0.25) is 0 Å². The molecule has 3 heteroatoms. The van der Waals surface area contributed by atoms with Gasteiger partial charge in [0, 0.05) is 38.3 Å². The van der Waals surface area contributed by atoms with Crippen molar-refractivity contribution in [2.45, 2.75) is 5.41 Å². The van der Waals surface area contributed by atoms with E-state index < -0.39 is 5.41 Å². The van der Waals surface area contributed by atoms with Gasteiger partial charge in [-0.25, -0.2) is 0 Å². The first-order valence-corrected chi connectivity index (χ1v) is 20.0. The molecule has 3 nitrogen and oxygen atoms in total. The second-order valence-corrected chi connectivity index (χ2v) is 15.6. The molecule has 270 valence electrons. The van der Waals surface area contributed by atoms with Crippen LogP contribution >= 0.6 is 0 Å². The quantitative estimate of drug-likeness (QED) is 0.176. The van der Waals surface area contributed by atoms with Crippen LogP contribution < -0.4 is 0 Å². The van der Waals surface area contributed by atoms with Crippen molar-refractivity contribution in [3.05, 3.63) is 229 Å². The molecule has 0 atom stereocenters. The van der Waals surface area contributed by atoms with Crippen molar-refractivity contribution in [2.24, 2.45) is 0 Å². The van der Waals surface area contributed by atoms with Crippen LogP contribution in [-0.2, 0) is 5.41 Å². The van der Waals surface area contributed by atoms with E-state index in [1.165, 1.54) is 60.6 Å². The van der Waals surface area contributed by atoms with Gasteiger partial charge < -0.3 is 13.6 Å². The molecule has 0 saturated heterocycles. The molecule has 0 radical (unpaired) electrons. The first-order chi connectivity index (χ1) is 28.8. The number of benzene rings is 9. The zero-order chi connectivity index (χ0) is 38.0. The predicted molar refractivity (Wildman–Crippen MR) is 240 cm³/mol. The molecular weight excluding hydrogens is 705 g/mol. The summed E-state index contributed by atoms with van der Waals surface area (Å²) in [7, 11) is 0. The Balaban J connectivity index is 1.12. The number of fused-ring (bicyclic) bond motifs is 13. The summed E-state index contributed by atoms with van der Waals surface area (Å²) < 4.78 is 11.5. The van der Waals surface area contributed by atoms with Crippen LogP contribution in [0.4, 0.5) is 0 Å². The number of para-hydroxylation sites is 4. The van der Waals surface area contributed by atoms with E-state index in [9.17, 15) is 0 Å². The van der Waals surface area contributed by atoms with Crippen molar-refractivity contribution < 1.29 is 4.42 Å². The van der Waals surface area contributed by atoms with Crippen LogP contribution in [0.15, 0.2) is 211 Å². The average molecular weight is 739 g/mol. The molecule has 0 N–H and O–H groups in total. The fraction of sp³-hybridized carbons (Fsp3) is 0.0182. The standard InChI is InChI=1S/C55H34N2O/c1-3-15-35(16-4-1)55(36-17-5-2-6-18-36)46-33-37(56-48-23-11-7-19-41(48)42-20-8-12-24-49(42)56)27-29-39(46)40-30-28-38(34-47(40)55)57-50-25-13-9-22-45(50)53-51(57)32-31-44-43-21-10-14-26-52(43)58-54(44)53/h1-34H. The van der Waals surface area contributed by atoms with Gasteiger partial charge in [-0.05, 0) is 94.0 Å². The maximum Gasteiger partial charge on any atom is 0.145 e. The van der Waals surface area contributed by atoms with Gasteiger partial charge in [-0.15, -0.1) is 0 Å². The lowest BCUT2D eigenvalue weighted by atomic mass is 9.67. The minimum absolute atomic E-state index is 0.595. The highest BCUT2D eigenvalue weighted by Crippen LogP contribution is 2.57. The summed E-state index contributed by atoms with van der Waals surface area (Å²) in [5.74, 6) is 0. The Hall–Kier alpha value is -7.62. The van der Waals surface area contributed by atoms with Gasteiger partial charge >= 0.3 is 0 Å². The van der Waals surface area contributed by atoms with Crippen LogP contribution in [0.1, 0.15) is 22.3 Å². The Bertz CT molecular complexity index is 3530. The van der Waals surface area contributed by atoms with E-state index in [0.29, 0.717) is 0 Å². The largest absolute Gasteiger partial charge is 0.455 e. The molecule has 58 heavy (non-hydrogen) atoms. The highest BCUT2D eigenvalue weighted by molar-refractivity contribution is 6.24. The first-order valence-electron chi connectivity index (χ1n) is 20.0. The van der Waals surface area contributed by atoms with Crippen molar-refractivity contribution in [1.82, 2.24) is 9.13 Å². The highest BCUT2D eigenvalue weighted by Gasteiger charge is 2.46. The summed E-state index contributed by atoms with van der Waals surface area (Å²) in [4.78, 5) is 0. The molecule has 13 rings (SSSR count). The lowest BCUT2D eigenvalue weighted by Crippen LogP contribution is -2.28. The fourth-order valence-corrected chi connectivity index (χ4v) is 10.5. The van der Waals surface area contributed by atoms with Crippen LogP contribution in [0.3, 0.4) is 0 Å². The van der Waals surface area contributed by atoms with E-state index in [1.807, 2.05) is 6.07 Å². The molecule has 0 aliphatic heterocycles. The van der Waals surface area contributed by atoms with E-state index >= 15 is 0 Å². The Morgan fingerprint density at radius 3 is 1.40 bits per heavy atom. The maximum absolute atomic E-state index is 6.67. The van der Waals surface area contributed by atoms with E-state index in [0.717, 1.165) is 49.7 Å². The number of nitrogens with zero attached hydrogens (tertiary/aromatic N) is 2. The van der Waals surface area contributed by atoms with Gasteiger partial charge in [-0.1, -0.05) is 146 Å². The van der Waals surface area contributed by atoms with Crippen molar-refractivity contribution >= 4 is 65.6 Å². The zero-order valence-electron chi connectivity index (χ0n) is 31.4. The summed E-state index contributed by atoms with van der Waals surface area (Å²) in [5, 5.41) is 7.12. The summed E-state index contributed by atoms with van der Waals surface area (Å²) in [5.41, 5.74) is 15.7. The average Bonchev–Trinajstić information content (AvgIpc) is 4.02. The van der Waals surface area contributed by atoms with Crippen LogP contribution in [0, 0.1) is 0 Å². The molecule has 9 aromatic carbocycles. The Morgan fingerprint density at radius 1 is 0.345 bits per heavy atom. The summed E-state index contributed by atoms with van der Waals surface area (Å²) in [6.07, 6.45) is 0. The van der Waals surface area contributed by atoms with E-state index in [4.69, 9.17) is 4.42 Å². The van der Waals surface area contributed by atoms with Crippen LogP contribution in [0.25, 0.3) is 88.1 Å². The third-order valence-electron chi connectivity index (χ3n) is 12.8.